The summed E-state index contributed by atoms with van der Waals surface area (Å²) in [5.74, 6) is 1.20. The lowest BCUT2D eigenvalue weighted by Crippen LogP contribution is -2.41. The molecule has 1 aliphatic rings. The lowest BCUT2D eigenvalue weighted by molar-refractivity contribution is -0.128. The number of hydrogen-bond donors (Lipinski definition) is 3. The van der Waals surface area contributed by atoms with Crippen molar-refractivity contribution in [3.05, 3.63) is 0 Å². The fourth-order valence-corrected chi connectivity index (χ4v) is 1.76. The summed E-state index contributed by atoms with van der Waals surface area (Å²) in [6.07, 6.45) is 3.89. The Bertz CT molecular complexity index is 308. The van der Waals surface area contributed by atoms with Crippen molar-refractivity contribution in [1.29, 1.82) is 0 Å². The molecule has 0 heterocycles. The second-order valence-electron chi connectivity index (χ2n) is 5.62. The molecule has 1 amide bonds. The van der Waals surface area contributed by atoms with Crippen LogP contribution in [0.4, 0.5) is 0 Å². The minimum Gasteiger partial charge on any atom is -0.370 e. The molecular weight excluding hydrogens is 228 g/mol. The van der Waals surface area contributed by atoms with Gasteiger partial charge in [0.2, 0.25) is 5.91 Å². The van der Waals surface area contributed by atoms with Gasteiger partial charge >= 0.3 is 0 Å². The summed E-state index contributed by atoms with van der Waals surface area (Å²) < 4.78 is 0. The second-order valence-corrected chi connectivity index (χ2v) is 5.62. The fourth-order valence-electron chi connectivity index (χ4n) is 1.76. The van der Waals surface area contributed by atoms with Gasteiger partial charge in [-0.3, -0.25) is 9.79 Å². The average molecular weight is 254 g/mol. The van der Waals surface area contributed by atoms with Gasteiger partial charge in [-0.1, -0.05) is 6.42 Å². The Morgan fingerprint density at radius 1 is 1.39 bits per heavy atom. The van der Waals surface area contributed by atoms with Crippen LogP contribution in [0, 0.1) is 11.3 Å². The van der Waals surface area contributed by atoms with Crippen LogP contribution in [0.3, 0.4) is 0 Å². The van der Waals surface area contributed by atoms with Crippen LogP contribution in [-0.4, -0.2) is 31.5 Å². The van der Waals surface area contributed by atoms with E-state index in [1.165, 1.54) is 19.3 Å². The Kier molecular flexibility index (Phi) is 5.44. The van der Waals surface area contributed by atoms with Crippen molar-refractivity contribution < 1.29 is 4.79 Å². The van der Waals surface area contributed by atoms with Gasteiger partial charge in [-0.05, 0) is 39.5 Å². The summed E-state index contributed by atoms with van der Waals surface area (Å²) in [5.41, 5.74) is 5.27. The largest absolute Gasteiger partial charge is 0.370 e. The predicted octanol–water partition coefficient (Wildman–Crippen LogP) is 0.853. The fraction of sp³-hybridized carbons (Fsp3) is 0.846. The number of aliphatic imine (C=N–C) groups is 1. The highest BCUT2D eigenvalue weighted by Crippen LogP contribution is 2.25. The molecule has 0 bridgehead atoms. The van der Waals surface area contributed by atoms with E-state index in [1.807, 2.05) is 20.8 Å². The second kappa shape index (κ2) is 6.61. The number of nitrogens with two attached hydrogens (primary N) is 1. The third kappa shape index (κ3) is 4.55. The van der Waals surface area contributed by atoms with Crippen LogP contribution in [0.25, 0.3) is 0 Å². The van der Waals surface area contributed by atoms with Crippen molar-refractivity contribution in [2.75, 3.05) is 19.6 Å². The number of carbonyl (C=O) groups excluding carboxylic acids is 1. The van der Waals surface area contributed by atoms with Gasteiger partial charge < -0.3 is 16.4 Å². The zero-order valence-corrected chi connectivity index (χ0v) is 11.8. The first-order valence-corrected chi connectivity index (χ1v) is 6.78. The Balaban J connectivity index is 2.32. The van der Waals surface area contributed by atoms with Crippen molar-refractivity contribution in [3.63, 3.8) is 0 Å². The normalized spacial score (nSPS) is 17.2. The van der Waals surface area contributed by atoms with Gasteiger partial charge in [0.15, 0.2) is 5.96 Å². The Morgan fingerprint density at radius 2 is 2.06 bits per heavy atom. The highest BCUT2D eigenvalue weighted by atomic mass is 16.2. The van der Waals surface area contributed by atoms with Crippen LogP contribution in [0.1, 0.15) is 40.0 Å². The van der Waals surface area contributed by atoms with E-state index in [1.54, 1.807) is 0 Å². The average Bonchev–Trinajstić information content (AvgIpc) is 2.25. The van der Waals surface area contributed by atoms with E-state index >= 15 is 0 Å². The minimum atomic E-state index is -0.515. The molecule has 0 aromatic rings. The molecule has 0 saturated heterocycles. The highest BCUT2D eigenvalue weighted by molar-refractivity contribution is 5.83. The number of amides is 1. The Labute approximate surface area is 110 Å². The van der Waals surface area contributed by atoms with E-state index in [2.05, 4.69) is 15.6 Å². The minimum absolute atomic E-state index is 0.0144. The molecule has 1 rings (SSSR count). The third-order valence-corrected chi connectivity index (χ3v) is 3.39. The summed E-state index contributed by atoms with van der Waals surface area (Å²) in [5, 5.41) is 5.93. The van der Waals surface area contributed by atoms with Crippen molar-refractivity contribution >= 4 is 11.9 Å². The molecule has 0 aromatic carbocycles. The molecule has 0 atom stereocenters. The molecule has 0 unspecified atom stereocenters. The van der Waals surface area contributed by atoms with Crippen LogP contribution in [-0.2, 0) is 4.79 Å². The van der Waals surface area contributed by atoms with Crippen molar-refractivity contribution in [1.82, 2.24) is 10.6 Å². The van der Waals surface area contributed by atoms with Gasteiger partial charge in [-0.15, -0.1) is 0 Å². The quantitative estimate of drug-likeness (QED) is 0.486. The van der Waals surface area contributed by atoms with Crippen molar-refractivity contribution in [3.8, 4) is 0 Å². The van der Waals surface area contributed by atoms with E-state index in [0.29, 0.717) is 19.0 Å². The number of rotatable bonds is 6. The molecule has 0 radical (unpaired) electrons. The maximum absolute atomic E-state index is 11.8. The predicted molar refractivity (Wildman–Crippen MR) is 74.3 cm³/mol. The zero-order valence-electron chi connectivity index (χ0n) is 11.8. The molecule has 1 saturated carbocycles. The number of hydrogen-bond acceptors (Lipinski definition) is 2. The van der Waals surface area contributed by atoms with Crippen LogP contribution in [0.5, 0.6) is 0 Å². The molecule has 4 N–H and O–H groups in total. The lowest BCUT2D eigenvalue weighted by atomic mass is 9.85. The first-order chi connectivity index (χ1) is 8.45. The van der Waals surface area contributed by atoms with Gasteiger partial charge in [0.25, 0.3) is 0 Å². The highest BCUT2D eigenvalue weighted by Gasteiger charge is 2.26. The van der Waals surface area contributed by atoms with Gasteiger partial charge in [-0.25, -0.2) is 0 Å². The molecule has 5 nitrogen and oxygen atoms in total. The Hall–Kier alpha value is -1.26. The Morgan fingerprint density at radius 3 is 2.56 bits per heavy atom. The summed E-state index contributed by atoms with van der Waals surface area (Å²) in [7, 11) is 0. The summed E-state index contributed by atoms with van der Waals surface area (Å²) in [4.78, 5) is 16.0. The molecule has 0 spiro atoms. The zero-order chi connectivity index (χ0) is 13.6. The molecule has 1 aliphatic carbocycles. The smallest absolute Gasteiger partial charge is 0.227 e. The molecule has 1 fully saturated rings. The van der Waals surface area contributed by atoms with Crippen LogP contribution >= 0.6 is 0 Å². The van der Waals surface area contributed by atoms with Gasteiger partial charge in [0.1, 0.15) is 0 Å². The maximum Gasteiger partial charge on any atom is 0.227 e. The monoisotopic (exact) mass is 254 g/mol. The molecule has 0 aliphatic heterocycles. The molecular formula is C13H26N4O. The molecule has 5 heteroatoms. The van der Waals surface area contributed by atoms with Gasteiger partial charge in [0, 0.05) is 13.1 Å². The van der Waals surface area contributed by atoms with Gasteiger partial charge in [0.05, 0.1) is 12.0 Å². The summed E-state index contributed by atoms with van der Waals surface area (Å²) in [6.45, 7) is 7.60. The maximum atomic E-state index is 11.8. The van der Waals surface area contributed by atoms with Crippen LogP contribution < -0.4 is 16.4 Å². The third-order valence-electron chi connectivity index (χ3n) is 3.39. The van der Waals surface area contributed by atoms with Crippen LogP contribution in [0.2, 0.25) is 0 Å². The van der Waals surface area contributed by atoms with E-state index in [0.717, 1.165) is 12.5 Å². The number of nitrogens with zero attached hydrogens (tertiary/aromatic N) is 1. The van der Waals surface area contributed by atoms with E-state index in [9.17, 15) is 4.79 Å². The SMILES string of the molecule is CCNC(=O)C(C)(C)CN=C(N)NCC1CCC1. The van der Waals surface area contributed by atoms with Crippen molar-refractivity contribution in [2.24, 2.45) is 22.1 Å². The first kappa shape index (κ1) is 14.8. The number of nitrogens with one attached hydrogen (secondary N) is 2. The van der Waals surface area contributed by atoms with Gasteiger partial charge in [-0.2, -0.15) is 0 Å². The number of carbonyl (C=O) groups is 1. The topological polar surface area (TPSA) is 79.5 Å². The first-order valence-electron chi connectivity index (χ1n) is 6.78. The van der Waals surface area contributed by atoms with E-state index in [-0.39, 0.29) is 5.91 Å². The summed E-state index contributed by atoms with van der Waals surface area (Å²) in [6, 6.07) is 0. The number of guanidine groups is 1. The van der Waals surface area contributed by atoms with Crippen LogP contribution in [0.15, 0.2) is 4.99 Å². The molecule has 18 heavy (non-hydrogen) atoms. The molecule has 104 valence electrons. The molecule has 0 aromatic heterocycles. The summed E-state index contributed by atoms with van der Waals surface area (Å²) >= 11 is 0. The lowest BCUT2D eigenvalue weighted by Gasteiger charge is -2.26. The van der Waals surface area contributed by atoms with Crippen molar-refractivity contribution in [2.45, 2.75) is 40.0 Å². The van der Waals surface area contributed by atoms with E-state index in [4.69, 9.17) is 5.73 Å². The standard InChI is InChI=1S/C13H26N4O/c1-4-15-11(18)13(2,3)9-17-12(14)16-8-10-6-5-7-10/h10H,4-9H2,1-3H3,(H,15,18)(H3,14,16,17). The van der Waals surface area contributed by atoms with E-state index < -0.39 is 5.41 Å².